The van der Waals surface area contributed by atoms with Crippen molar-refractivity contribution in [3.8, 4) is 0 Å². The van der Waals surface area contributed by atoms with Gasteiger partial charge < -0.3 is 15.1 Å². The van der Waals surface area contributed by atoms with Crippen LogP contribution in [-0.2, 0) is 11.0 Å². The Balaban J connectivity index is 1.99. The van der Waals surface area contributed by atoms with Crippen molar-refractivity contribution >= 4 is 16.7 Å². The Hall–Kier alpha value is -1.69. The predicted octanol–water partition coefficient (Wildman–Crippen LogP) is 4.02. The summed E-state index contributed by atoms with van der Waals surface area (Å²) in [5.74, 6) is 0. The molecule has 0 bridgehead atoms. The summed E-state index contributed by atoms with van der Waals surface area (Å²) in [6, 6.07) is 16.7. The van der Waals surface area contributed by atoms with E-state index in [2.05, 4.69) is 30.8 Å². The lowest BCUT2D eigenvalue weighted by Gasteiger charge is -2.27. The fourth-order valence-corrected chi connectivity index (χ4v) is 3.59. The lowest BCUT2D eigenvalue weighted by molar-refractivity contribution is 0.159. The highest BCUT2D eigenvalue weighted by Gasteiger charge is 2.18. The Labute approximate surface area is 153 Å². The van der Waals surface area contributed by atoms with Crippen LogP contribution in [0.2, 0.25) is 0 Å². The van der Waals surface area contributed by atoms with E-state index in [0.717, 1.165) is 29.0 Å². The van der Waals surface area contributed by atoms with Crippen LogP contribution in [0.1, 0.15) is 45.3 Å². The van der Waals surface area contributed by atoms with Crippen molar-refractivity contribution in [1.82, 2.24) is 5.32 Å². The number of hydrogen-bond acceptors (Lipinski definition) is 3. The third-order valence-electron chi connectivity index (χ3n) is 4.09. The molecule has 2 atom stereocenters. The molecule has 3 N–H and O–H groups in total. The van der Waals surface area contributed by atoms with Gasteiger partial charge in [-0.25, -0.2) is 4.21 Å². The summed E-state index contributed by atoms with van der Waals surface area (Å²) < 4.78 is 15.3. The molecule has 4 nitrogen and oxygen atoms in total. The van der Waals surface area contributed by atoms with Gasteiger partial charge in [0, 0.05) is 17.8 Å². The van der Waals surface area contributed by atoms with Crippen LogP contribution in [0.4, 0.5) is 5.69 Å². The Morgan fingerprint density at radius 1 is 1.12 bits per heavy atom. The van der Waals surface area contributed by atoms with Crippen molar-refractivity contribution < 1.29 is 9.32 Å². The van der Waals surface area contributed by atoms with Crippen molar-refractivity contribution in [2.45, 2.75) is 50.2 Å². The molecule has 0 spiro atoms. The van der Waals surface area contributed by atoms with Crippen molar-refractivity contribution in [2.24, 2.45) is 0 Å². The van der Waals surface area contributed by atoms with E-state index in [9.17, 15) is 9.32 Å². The molecule has 0 aliphatic rings. The Kier molecular flexibility index (Phi) is 7.17. The maximum Gasteiger partial charge on any atom is 0.150 e. The molecule has 0 saturated heterocycles. The molecule has 2 aromatic rings. The fraction of sp³-hybridized carbons (Fsp3) is 0.400. The first-order valence-electron chi connectivity index (χ1n) is 8.68. The Bertz CT molecular complexity index is 689. The molecule has 25 heavy (non-hydrogen) atoms. The summed E-state index contributed by atoms with van der Waals surface area (Å²) in [7, 11) is -1.32. The van der Waals surface area contributed by atoms with Crippen molar-refractivity contribution in [3.63, 3.8) is 0 Å². The first-order chi connectivity index (χ1) is 11.9. The average molecular weight is 361 g/mol. The predicted molar refractivity (Wildman–Crippen MR) is 105 cm³/mol. The molecule has 136 valence electrons. The zero-order chi connectivity index (χ0) is 18.3. The third-order valence-corrected chi connectivity index (χ3v) is 5.21. The van der Waals surface area contributed by atoms with E-state index < -0.39 is 17.1 Å². The fourth-order valence-electron chi connectivity index (χ4n) is 2.72. The van der Waals surface area contributed by atoms with Crippen LogP contribution >= 0.6 is 0 Å². The minimum atomic E-state index is -1.32. The maximum atomic E-state index is 12.3. The molecule has 2 aromatic carbocycles. The first-order valence-corrected chi connectivity index (χ1v) is 9.83. The molecule has 0 heterocycles. The van der Waals surface area contributed by atoms with E-state index in [0.29, 0.717) is 6.54 Å². The molecule has 5 heteroatoms. The van der Waals surface area contributed by atoms with Crippen LogP contribution in [0.3, 0.4) is 0 Å². The van der Waals surface area contributed by atoms with Crippen LogP contribution in [0, 0.1) is 0 Å². The standard InChI is InChI=1S/C20H28N2O2S/c1-4-13-20(2,3)21-15-19(23)16-9-8-10-17(14-16)22-25(24)18-11-6-5-7-12-18/h5-12,14,19,21-23H,4,13,15H2,1-3H3/t19-,25?/m0/s1. The van der Waals surface area contributed by atoms with Crippen molar-refractivity contribution in [2.75, 3.05) is 11.3 Å². The monoisotopic (exact) mass is 360 g/mol. The summed E-state index contributed by atoms with van der Waals surface area (Å²) in [4.78, 5) is 0.719. The Morgan fingerprint density at radius 3 is 2.52 bits per heavy atom. The largest absolute Gasteiger partial charge is 0.387 e. The molecular weight excluding hydrogens is 332 g/mol. The second-order valence-electron chi connectivity index (χ2n) is 6.84. The quantitative estimate of drug-likeness (QED) is 0.633. The highest BCUT2D eigenvalue weighted by atomic mass is 32.2. The van der Waals surface area contributed by atoms with Crippen molar-refractivity contribution in [3.05, 3.63) is 60.2 Å². The molecule has 0 radical (unpaired) electrons. The smallest absolute Gasteiger partial charge is 0.150 e. The van der Waals surface area contributed by atoms with Gasteiger partial charge >= 0.3 is 0 Å². The van der Waals surface area contributed by atoms with Gasteiger partial charge in [0.25, 0.3) is 0 Å². The van der Waals surface area contributed by atoms with Gasteiger partial charge in [-0.3, -0.25) is 0 Å². The van der Waals surface area contributed by atoms with Gasteiger partial charge in [-0.05, 0) is 50.1 Å². The van der Waals surface area contributed by atoms with E-state index >= 15 is 0 Å². The van der Waals surface area contributed by atoms with E-state index in [1.807, 2.05) is 54.6 Å². The minimum absolute atomic E-state index is 0.000393. The lowest BCUT2D eigenvalue weighted by atomic mass is 9.98. The van der Waals surface area contributed by atoms with Gasteiger partial charge in [0.15, 0.2) is 0 Å². The van der Waals surface area contributed by atoms with Crippen LogP contribution in [-0.4, -0.2) is 21.4 Å². The van der Waals surface area contributed by atoms with Gasteiger partial charge in [0.05, 0.1) is 11.0 Å². The number of benzene rings is 2. The summed E-state index contributed by atoms with van der Waals surface area (Å²) in [5, 5.41) is 13.9. The van der Waals surface area contributed by atoms with Crippen LogP contribution in [0.25, 0.3) is 0 Å². The van der Waals surface area contributed by atoms with Crippen molar-refractivity contribution in [1.29, 1.82) is 0 Å². The molecule has 0 saturated carbocycles. The zero-order valence-electron chi connectivity index (χ0n) is 15.2. The first kappa shape index (κ1) is 19.6. The topological polar surface area (TPSA) is 61.4 Å². The molecule has 0 aliphatic heterocycles. The average Bonchev–Trinajstić information content (AvgIpc) is 2.60. The third kappa shape index (κ3) is 6.27. The van der Waals surface area contributed by atoms with E-state index in [-0.39, 0.29) is 5.54 Å². The molecule has 0 amide bonds. The highest BCUT2D eigenvalue weighted by molar-refractivity contribution is 7.86. The van der Waals surface area contributed by atoms with Gasteiger partial charge in [0.2, 0.25) is 0 Å². The zero-order valence-corrected chi connectivity index (χ0v) is 16.0. The van der Waals surface area contributed by atoms with Gasteiger partial charge in [-0.1, -0.05) is 43.7 Å². The van der Waals surface area contributed by atoms with Crippen LogP contribution in [0.5, 0.6) is 0 Å². The lowest BCUT2D eigenvalue weighted by Crippen LogP contribution is -2.41. The second kappa shape index (κ2) is 9.13. The number of β-amino-alcohol motifs (C(OH)–C–C–N with tert-alkyl or cyclic N) is 1. The molecule has 0 fully saturated rings. The van der Waals surface area contributed by atoms with E-state index in [4.69, 9.17) is 0 Å². The van der Waals surface area contributed by atoms with Crippen LogP contribution in [0.15, 0.2) is 59.5 Å². The van der Waals surface area contributed by atoms with Gasteiger partial charge in [-0.15, -0.1) is 0 Å². The molecular formula is C20H28N2O2S. The SMILES string of the molecule is CCCC(C)(C)NC[C@H](O)c1cccc(NS(=O)c2ccccc2)c1. The highest BCUT2D eigenvalue weighted by Crippen LogP contribution is 2.20. The summed E-state index contributed by atoms with van der Waals surface area (Å²) >= 11 is 0. The number of aliphatic hydroxyl groups is 1. The minimum Gasteiger partial charge on any atom is -0.387 e. The Morgan fingerprint density at radius 2 is 1.84 bits per heavy atom. The maximum absolute atomic E-state index is 12.3. The number of rotatable bonds is 9. The number of hydrogen-bond donors (Lipinski definition) is 3. The molecule has 0 aliphatic carbocycles. The molecule has 2 rings (SSSR count). The summed E-state index contributed by atoms with van der Waals surface area (Å²) in [6.45, 7) is 6.93. The van der Waals surface area contributed by atoms with Gasteiger partial charge in [0.1, 0.15) is 11.0 Å². The van der Waals surface area contributed by atoms with E-state index in [1.165, 1.54) is 0 Å². The number of nitrogens with one attached hydrogen (secondary N) is 2. The summed E-state index contributed by atoms with van der Waals surface area (Å²) in [5.41, 5.74) is 1.53. The number of anilines is 1. The normalized spacial score (nSPS) is 14.1. The van der Waals surface area contributed by atoms with Gasteiger partial charge in [-0.2, -0.15) is 0 Å². The number of aliphatic hydroxyl groups excluding tert-OH is 1. The molecule has 1 unspecified atom stereocenters. The molecule has 0 aromatic heterocycles. The van der Waals surface area contributed by atoms with Crippen LogP contribution < -0.4 is 10.0 Å². The summed E-state index contributed by atoms with van der Waals surface area (Å²) in [6.07, 6.45) is 1.54. The second-order valence-corrected chi connectivity index (χ2v) is 8.05. The van der Waals surface area contributed by atoms with E-state index in [1.54, 1.807) is 0 Å².